The number of aryl methyl sites for hydroxylation is 1. The Morgan fingerprint density at radius 3 is 1.79 bits per heavy atom. The zero-order valence-electron chi connectivity index (χ0n) is 22.0. The summed E-state index contributed by atoms with van der Waals surface area (Å²) in [6.07, 6.45) is 0. The fourth-order valence-electron chi connectivity index (χ4n) is 5.63. The number of carbonyl (C=O) groups excluding carboxylic acids is 3. The number of nitrogens with zero attached hydrogens (tertiary/aromatic N) is 1. The van der Waals surface area contributed by atoms with Gasteiger partial charge in [-0.3, -0.25) is 19.3 Å². The molecule has 2 heterocycles. The highest BCUT2D eigenvalue weighted by Gasteiger charge is 2.58. The first-order valence-corrected chi connectivity index (χ1v) is 14.0. The number of Topliss-reactive ketones (excluding diaryl/α,β-unsaturated/α-hetero) is 2. The van der Waals surface area contributed by atoms with E-state index in [1.54, 1.807) is 54.7 Å². The number of hydrogen-bond donors (Lipinski definition) is 0. The van der Waals surface area contributed by atoms with Gasteiger partial charge in [-0.15, -0.1) is 11.3 Å². The summed E-state index contributed by atoms with van der Waals surface area (Å²) in [4.78, 5) is 46.5. The third-order valence-corrected chi connectivity index (χ3v) is 8.36. The predicted octanol–water partition coefficient (Wildman–Crippen LogP) is 6.54. The third-order valence-electron chi connectivity index (χ3n) is 7.29. The van der Waals surface area contributed by atoms with Gasteiger partial charge in [-0.2, -0.15) is 0 Å². The Morgan fingerprint density at radius 1 is 0.744 bits per heavy atom. The molecule has 3 aromatic carbocycles. The van der Waals surface area contributed by atoms with Gasteiger partial charge in [0.15, 0.2) is 11.6 Å². The molecule has 1 fully saturated rings. The summed E-state index contributed by atoms with van der Waals surface area (Å²) in [6, 6.07) is 30.5. The van der Waals surface area contributed by atoms with Crippen LogP contribution in [0, 0.1) is 18.8 Å². The number of carbonyl (C=O) groups is 3. The van der Waals surface area contributed by atoms with Crippen LogP contribution in [-0.2, 0) is 16.1 Å². The van der Waals surface area contributed by atoms with Gasteiger partial charge in [0, 0.05) is 27.4 Å². The van der Waals surface area contributed by atoms with Crippen molar-refractivity contribution in [1.82, 2.24) is 4.90 Å². The number of ether oxygens (including phenoxy) is 1. The van der Waals surface area contributed by atoms with E-state index in [2.05, 4.69) is 0 Å². The number of rotatable bonds is 9. The monoisotopic (exact) mass is 537 g/mol. The molecule has 1 aliphatic heterocycles. The van der Waals surface area contributed by atoms with Crippen molar-refractivity contribution >= 4 is 28.9 Å². The molecule has 5 rings (SSSR count). The van der Waals surface area contributed by atoms with Crippen LogP contribution in [0.1, 0.15) is 49.0 Å². The molecule has 4 unspecified atom stereocenters. The maximum atomic E-state index is 14.4. The highest BCUT2D eigenvalue weighted by atomic mass is 32.1. The van der Waals surface area contributed by atoms with Crippen molar-refractivity contribution in [1.29, 1.82) is 0 Å². The maximum absolute atomic E-state index is 14.4. The maximum Gasteiger partial charge on any atom is 0.324 e. The van der Waals surface area contributed by atoms with Gasteiger partial charge in [0.2, 0.25) is 0 Å². The van der Waals surface area contributed by atoms with E-state index >= 15 is 0 Å². The van der Waals surface area contributed by atoms with E-state index in [9.17, 15) is 14.4 Å². The molecule has 1 aromatic heterocycles. The van der Waals surface area contributed by atoms with Crippen molar-refractivity contribution in [3.05, 3.63) is 130 Å². The van der Waals surface area contributed by atoms with Gasteiger partial charge >= 0.3 is 5.97 Å². The van der Waals surface area contributed by atoms with E-state index in [0.29, 0.717) is 17.7 Å². The number of thiophene rings is 1. The first-order chi connectivity index (χ1) is 19.0. The molecule has 0 bridgehead atoms. The Bertz CT molecular complexity index is 1430. The van der Waals surface area contributed by atoms with Crippen LogP contribution in [0.2, 0.25) is 0 Å². The van der Waals surface area contributed by atoms with Crippen LogP contribution in [0.5, 0.6) is 0 Å². The molecule has 1 aliphatic rings. The van der Waals surface area contributed by atoms with Gasteiger partial charge in [-0.05, 0) is 31.5 Å². The Morgan fingerprint density at radius 2 is 1.28 bits per heavy atom. The van der Waals surface area contributed by atoms with Crippen molar-refractivity contribution < 1.29 is 19.1 Å². The predicted molar refractivity (Wildman–Crippen MR) is 153 cm³/mol. The number of likely N-dealkylation sites (tertiary alicyclic amines) is 1. The lowest BCUT2D eigenvalue weighted by Crippen LogP contribution is -2.44. The van der Waals surface area contributed by atoms with Crippen LogP contribution in [0.15, 0.2) is 103 Å². The van der Waals surface area contributed by atoms with E-state index in [4.69, 9.17) is 4.74 Å². The number of esters is 1. The van der Waals surface area contributed by atoms with Crippen molar-refractivity contribution in [2.45, 2.75) is 32.5 Å². The summed E-state index contributed by atoms with van der Waals surface area (Å²) in [5.74, 6) is -2.56. The first kappa shape index (κ1) is 26.7. The lowest BCUT2D eigenvalue weighted by Gasteiger charge is -2.30. The molecule has 39 heavy (non-hydrogen) atoms. The Hall–Kier alpha value is -3.87. The second-order valence-corrected chi connectivity index (χ2v) is 11.1. The minimum absolute atomic E-state index is 0.147. The molecule has 198 valence electrons. The summed E-state index contributed by atoms with van der Waals surface area (Å²) in [6.45, 7) is 4.35. The highest BCUT2D eigenvalue weighted by Crippen LogP contribution is 2.50. The molecule has 4 atom stereocenters. The Labute approximate surface area is 233 Å². The topological polar surface area (TPSA) is 63.7 Å². The molecule has 0 spiro atoms. The van der Waals surface area contributed by atoms with Gasteiger partial charge in [0.05, 0.1) is 24.5 Å². The quantitative estimate of drug-likeness (QED) is 0.179. The van der Waals surface area contributed by atoms with E-state index in [-0.39, 0.29) is 18.2 Å². The van der Waals surface area contributed by atoms with E-state index < -0.39 is 29.9 Å². The third kappa shape index (κ3) is 5.49. The molecule has 1 saturated heterocycles. The molecule has 0 saturated carbocycles. The molecule has 0 N–H and O–H groups in total. The highest BCUT2D eigenvalue weighted by molar-refractivity contribution is 7.12. The number of hydrogen-bond acceptors (Lipinski definition) is 6. The van der Waals surface area contributed by atoms with Crippen LogP contribution < -0.4 is 0 Å². The largest absolute Gasteiger partial charge is 0.465 e. The smallest absolute Gasteiger partial charge is 0.324 e. The molecule has 5 nitrogen and oxygen atoms in total. The summed E-state index contributed by atoms with van der Waals surface area (Å²) in [5.41, 5.74) is 1.99. The molecular weight excluding hydrogens is 506 g/mol. The van der Waals surface area contributed by atoms with Gasteiger partial charge in [-0.25, -0.2) is 0 Å². The van der Waals surface area contributed by atoms with Crippen molar-refractivity contribution in [2.75, 3.05) is 6.61 Å². The average Bonchev–Trinajstić information content (AvgIpc) is 3.54. The second kappa shape index (κ2) is 11.9. The van der Waals surface area contributed by atoms with Crippen LogP contribution in [0.3, 0.4) is 0 Å². The van der Waals surface area contributed by atoms with Crippen molar-refractivity contribution in [3.63, 3.8) is 0 Å². The Kier molecular flexibility index (Phi) is 8.15. The zero-order chi connectivity index (χ0) is 27.4. The SMILES string of the molecule is CCOC(=O)C1C(C(=O)c2ccccc2)C(C(=O)c2ccccc2)C(c2ccc(C)s2)N1Cc1ccccc1. The Balaban J connectivity index is 1.73. The minimum Gasteiger partial charge on any atom is -0.465 e. The van der Waals surface area contributed by atoms with Gasteiger partial charge in [0.25, 0.3) is 0 Å². The first-order valence-electron chi connectivity index (χ1n) is 13.2. The van der Waals surface area contributed by atoms with Crippen LogP contribution in [0.4, 0.5) is 0 Å². The van der Waals surface area contributed by atoms with Crippen molar-refractivity contribution in [3.8, 4) is 0 Å². The van der Waals surface area contributed by atoms with E-state index in [1.165, 1.54) is 0 Å². The molecular formula is C33H31NO4S. The van der Waals surface area contributed by atoms with Crippen LogP contribution in [0.25, 0.3) is 0 Å². The summed E-state index contributed by atoms with van der Waals surface area (Å²) in [5, 5.41) is 0. The number of benzene rings is 3. The minimum atomic E-state index is -0.928. The van der Waals surface area contributed by atoms with Gasteiger partial charge < -0.3 is 4.74 Å². The van der Waals surface area contributed by atoms with Crippen molar-refractivity contribution in [2.24, 2.45) is 11.8 Å². The molecule has 0 amide bonds. The van der Waals surface area contributed by atoms with Gasteiger partial charge in [-0.1, -0.05) is 91.0 Å². The fourth-order valence-corrected chi connectivity index (χ4v) is 6.68. The standard InChI is InChI=1S/C33H31NO4S/c1-3-38-33(37)30-28(32(36)25-17-11-6-12-18-25)27(31(35)24-15-9-5-10-16-24)29(26-20-19-22(2)39-26)34(30)21-23-13-7-4-8-14-23/h4-20,27-30H,3,21H2,1-2H3. The van der Waals surface area contributed by atoms with E-state index in [1.807, 2.05) is 78.6 Å². The zero-order valence-corrected chi connectivity index (χ0v) is 22.8. The summed E-state index contributed by atoms with van der Waals surface area (Å²) < 4.78 is 5.59. The summed E-state index contributed by atoms with van der Waals surface area (Å²) in [7, 11) is 0. The molecule has 4 aromatic rings. The van der Waals surface area contributed by atoms with Gasteiger partial charge in [0.1, 0.15) is 6.04 Å². The van der Waals surface area contributed by atoms with Crippen LogP contribution >= 0.6 is 11.3 Å². The molecule has 0 aliphatic carbocycles. The summed E-state index contributed by atoms with van der Waals surface area (Å²) >= 11 is 1.60. The molecule has 0 radical (unpaired) electrons. The van der Waals surface area contributed by atoms with E-state index in [0.717, 1.165) is 15.3 Å². The lowest BCUT2D eigenvalue weighted by molar-refractivity contribution is -0.150. The fraction of sp³-hybridized carbons (Fsp3) is 0.242. The number of ketones is 2. The normalized spacial score (nSPS) is 21.0. The van der Waals surface area contributed by atoms with Crippen LogP contribution in [-0.4, -0.2) is 35.1 Å². The second-order valence-electron chi connectivity index (χ2n) is 9.76. The molecule has 6 heteroatoms. The lowest BCUT2D eigenvalue weighted by atomic mass is 9.77. The average molecular weight is 538 g/mol.